The lowest BCUT2D eigenvalue weighted by molar-refractivity contribution is -0.144. The minimum absolute atomic E-state index is 0.0273. The number of benzene rings is 3. The maximum atomic E-state index is 14.1. The summed E-state index contributed by atoms with van der Waals surface area (Å²) < 4.78 is 5.78. The van der Waals surface area contributed by atoms with E-state index < -0.39 is 35.4 Å². The molecule has 0 spiro atoms. The quantitative estimate of drug-likeness (QED) is 0.133. The Hall–Kier alpha value is -5.66. The van der Waals surface area contributed by atoms with Crippen LogP contribution in [0.1, 0.15) is 51.4 Å². The van der Waals surface area contributed by atoms with Gasteiger partial charge in [0.05, 0.1) is 40.1 Å². The van der Waals surface area contributed by atoms with Crippen LogP contribution in [-0.2, 0) is 14.4 Å². The number of para-hydroxylation sites is 1. The van der Waals surface area contributed by atoms with Crippen molar-refractivity contribution >= 4 is 29.1 Å². The Morgan fingerprint density at radius 3 is 2.35 bits per heavy atom. The molecule has 3 heterocycles. The molecule has 5 aromatic rings. The maximum absolute atomic E-state index is 14.1. The number of amides is 3. The number of rotatable bonds is 11. The number of phenolic OH excluding ortho intramolecular Hbond substituents is 1. The number of phenols is 1. The second-order valence-corrected chi connectivity index (χ2v) is 15.4. The highest BCUT2D eigenvalue weighted by Gasteiger charge is 2.44. The number of likely N-dealkylation sites (tertiary alicyclic amines) is 1. The number of aryl methyl sites for hydroxylation is 1. The van der Waals surface area contributed by atoms with Gasteiger partial charge in [0.15, 0.2) is 6.61 Å². The molecular weight excluding hydrogens is 705 g/mol. The molecule has 0 bridgehead atoms. The number of nitrogens with one attached hydrogen (secondary N) is 2. The van der Waals surface area contributed by atoms with Crippen molar-refractivity contribution in [3.8, 4) is 44.3 Å². The number of hydrogen-bond acceptors (Lipinski definition) is 10. The molecular formula is C41H44N6O6S. The number of thiazole rings is 1. The SMILES string of the molecule is Cc1ncsc1-c1ccc([C@H](C)NC(=O)[C@@H]2C[C@@H](O)CN2C(=O)[C@@H](NC(=O)COc2ccc(-c3cnnc(-c4ccccc4O)c3)cc2)C(C)(C)C)cc1. The number of aromatic hydroxyl groups is 1. The first-order chi connectivity index (χ1) is 25.8. The molecule has 4 N–H and O–H groups in total. The van der Waals surface area contributed by atoms with Crippen LogP contribution in [0.4, 0.5) is 0 Å². The van der Waals surface area contributed by atoms with E-state index in [9.17, 15) is 24.6 Å². The number of carbonyl (C=O) groups is 3. The monoisotopic (exact) mass is 748 g/mol. The number of ether oxygens (including phenoxy) is 1. The predicted molar refractivity (Wildman–Crippen MR) is 206 cm³/mol. The molecule has 2 aromatic heterocycles. The summed E-state index contributed by atoms with van der Waals surface area (Å²) >= 11 is 1.57. The van der Waals surface area contributed by atoms with Crippen molar-refractivity contribution in [1.82, 2.24) is 30.7 Å². The molecule has 0 unspecified atom stereocenters. The van der Waals surface area contributed by atoms with Gasteiger partial charge in [-0.1, -0.05) is 69.3 Å². The molecule has 6 rings (SSSR count). The second-order valence-electron chi connectivity index (χ2n) is 14.5. The minimum atomic E-state index is -0.992. The topological polar surface area (TPSA) is 167 Å². The molecule has 1 saturated heterocycles. The van der Waals surface area contributed by atoms with Crippen molar-refractivity contribution in [1.29, 1.82) is 0 Å². The molecule has 0 saturated carbocycles. The number of hydrogen-bond donors (Lipinski definition) is 4. The van der Waals surface area contributed by atoms with Crippen LogP contribution >= 0.6 is 11.3 Å². The third kappa shape index (κ3) is 8.75. The van der Waals surface area contributed by atoms with Gasteiger partial charge in [0, 0.05) is 24.1 Å². The van der Waals surface area contributed by atoms with Gasteiger partial charge in [0.25, 0.3) is 5.91 Å². The fourth-order valence-electron chi connectivity index (χ4n) is 6.46. The molecule has 1 fully saturated rings. The highest BCUT2D eigenvalue weighted by molar-refractivity contribution is 7.13. The summed E-state index contributed by atoms with van der Waals surface area (Å²) in [6.45, 7) is 8.95. The van der Waals surface area contributed by atoms with Crippen LogP contribution < -0.4 is 15.4 Å². The van der Waals surface area contributed by atoms with Crippen LogP contribution in [0.5, 0.6) is 11.5 Å². The number of aromatic nitrogens is 3. The van der Waals surface area contributed by atoms with Crippen LogP contribution in [0.25, 0.3) is 32.8 Å². The Balaban J connectivity index is 1.06. The van der Waals surface area contributed by atoms with Gasteiger partial charge in [-0.15, -0.1) is 11.3 Å². The third-order valence-electron chi connectivity index (χ3n) is 9.45. The predicted octanol–water partition coefficient (Wildman–Crippen LogP) is 5.70. The summed E-state index contributed by atoms with van der Waals surface area (Å²) in [6.07, 6.45) is 0.822. The molecule has 4 atom stereocenters. The Labute approximate surface area is 318 Å². The average molecular weight is 749 g/mol. The summed E-state index contributed by atoms with van der Waals surface area (Å²) in [4.78, 5) is 47.6. The molecule has 1 aliphatic heterocycles. The lowest BCUT2D eigenvalue weighted by Crippen LogP contribution is -2.58. The second kappa shape index (κ2) is 16.1. The zero-order valence-electron chi connectivity index (χ0n) is 30.8. The highest BCUT2D eigenvalue weighted by atomic mass is 32.1. The summed E-state index contributed by atoms with van der Waals surface area (Å²) in [5.74, 6) is -0.794. The van der Waals surface area contributed by atoms with Crippen LogP contribution in [0.3, 0.4) is 0 Å². The number of aliphatic hydroxyl groups excluding tert-OH is 1. The number of carbonyl (C=O) groups excluding carboxylic acids is 3. The van der Waals surface area contributed by atoms with E-state index in [1.807, 2.05) is 88.7 Å². The number of nitrogens with zero attached hydrogens (tertiary/aromatic N) is 4. The maximum Gasteiger partial charge on any atom is 0.258 e. The number of aliphatic hydroxyl groups is 1. The van der Waals surface area contributed by atoms with Gasteiger partial charge < -0.3 is 30.5 Å². The van der Waals surface area contributed by atoms with Crippen molar-refractivity contribution in [3.63, 3.8) is 0 Å². The molecule has 280 valence electrons. The van der Waals surface area contributed by atoms with E-state index in [0.717, 1.165) is 32.8 Å². The first kappa shape index (κ1) is 38.1. The Bertz CT molecular complexity index is 2110. The molecule has 0 radical (unpaired) electrons. The summed E-state index contributed by atoms with van der Waals surface area (Å²) in [6, 6.07) is 21.5. The summed E-state index contributed by atoms with van der Waals surface area (Å²) in [7, 11) is 0. The van der Waals surface area contributed by atoms with Crippen molar-refractivity contribution in [3.05, 3.63) is 102 Å². The van der Waals surface area contributed by atoms with E-state index in [2.05, 4.69) is 25.8 Å². The summed E-state index contributed by atoms with van der Waals surface area (Å²) in [5.41, 5.74) is 6.71. The lowest BCUT2D eigenvalue weighted by atomic mass is 9.85. The fourth-order valence-corrected chi connectivity index (χ4v) is 7.27. The van der Waals surface area contributed by atoms with Gasteiger partial charge >= 0.3 is 0 Å². The molecule has 3 aromatic carbocycles. The molecule has 3 amide bonds. The molecule has 0 aliphatic carbocycles. The van der Waals surface area contributed by atoms with Gasteiger partial charge in [-0.05, 0) is 66.3 Å². The van der Waals surface area contributed by atoms with Gasteiger partial charge in [0.2, 0.25) is 11.8 Å². The first-order valence-corrected chi connectivity index (χ1v) is 18.6. The van der Waals surface area contributed by atoms with Crippen molar-refractivity contribution in [2.45, 2.75) is 65.3 Å². The van der Waals surface area contributed by atoms with Crippen molar-refractivity contribution in [2.75, 3.05) is 13.2 Å². The fraction of sp³-hybridized carbons (Fsp3) is 0.317. The zero-order valence-corrected chi connectivity index (χ0v) is 31.6. The minimum Gasteiger partial charge on any atom is -0.507 e. The number of β-amino-alcohol motifs (C(OH)–C–C–N with tert-alkyl or cyclic N) is 1. The average Bonchev–Trinajstić information content (AvgIpc) is 3.78. The van der Waals surface area contributed by atoms with Gasteiger partial charge in [-0.3, -0.25) is 14.4 Å². The van der Waals surface area contributed by atoms with E-state index in [-0.39, 0.29) is 37.3 Å². The molecule has 1 aliphatic rings. The van der Waals surface area contributed by atoms with E-state index >= 15 is 0 Å². The Kier molecular flexibility index (Phi) is 11.4. The van der Waals surface area contributed by atoms with Crippen molar-refractivity contribution < 1.29 is 29.3 Å². The first-order valence-electron chi connectivity index (χ1n) is 17.7. The van der Waals surface area contributed by atoms with Gasteiger partial charge in [-0.25, -0.2) is 4.98 Å². The van der Waals surface area contributed by atoms with Crippen molar-refractivity contribution in [2.24, 2.45) is 5.41 Å². The van der Waals surface area contributed by atoms with E-state index in [1.54, 1.807) is 47.9 Å². The molecule has 13 heteroatoms. The third-order valence-corrected chi connectivity index (χ3v) is 10.4. The van der Waals surface area contributed by atoms with Gasteiger partial charge in [0.1, 0.15) is 23.6 Å². The molecule has 12 nitrogen and oxygen atoms in total. The van der Waals surface area contributed by atoms with Crippen LogP contribution in [0.15, 0.2) is 90.6 Å². The zero-order chi connectivity index (χ0) is 38.6. The van der Waals surface area contributed by atoms with E-state index in [1.165, 1.54) is 4.90 Å². The molecule has 54 heavy (non-hydrogen) atoms. The smallest absolute Gasteiger partial charge is 0.258 e. The Morgan fingerprint density at radius 2 is 1.69 bits per heavy atom. The van der Waals surface area contributed by atoms with E-state index in [4.69, 9.17) is 4.74 Å². The van der Waals surface area contributed by atoms with Crippen LogP contribution in [0, 0.1) is 12.3 Å². The standard InChI is InChI=1S/C41H44N6O6S/c1-24(26-10-12-28(13-11-26)37-25(2)42-23-54-37)44-39(51)34-19-30(48)21-47(34)40(52)38(41(3,4)5)45-36(50)22-53-31-16-14-27(15-17-31)29-18-33(46-43-20-29)32-8-6-7-9-35(32)49/h6-18,20,23-24,30,34,38,48-49H,19,21-22H2,1-5H3,(H,44,51)(H,45,50)/t24-,30+,34-,38+/m0/s1. The van der Waals surface area contributed by atoms with E-state index in [0.29, 0.717) is 17.0 Å². The summed E-state index contributed by atoms with van der Waals surface area (Å²) in [5, 5.41) is 34.9. The van der Waals surface area contributed by atoms with Crippen LogP contribution in [0.2, 0.25) is 0 Å². The van der Waals surface area contributed by atoms with Crippen LogP contribution in [-0.4, -0.2) is 79.4 Å². The highest BCUT2D eigenvalue weighted by Crippen LogP contribution is 2.32. The normalized spacial score (nSPS) is 16.7. The largest absolute Gasteiger partial charge is 0.507 e. The van der Waals surface area contributed by atoms with Gasteiger partial charge in [-0.2, -0.15) is 10.2 Å². The Morgan fingerprint density at radius 1 is 0.981 bits per heavy atom. The lowest BCUT2D eigenvalue weighted by Gasteiger charge is -2.35.